The van der Waals surface area contributed by atoms with Crippen molar-refractivity contribution in [1.29, 1.82) is 0 Å². The molecular formula is C22H18Cl2N2O4S. The second-order valence-corrected chi connectivity index (χ2v) is 10.1. The van der Waals surface area contributed by atoms with Gasteiger partial charge in [0.15, 0.2) is 5.78 Å². The number of Topliss-reactive ketones (excluding diaryl/α,β-unsaturated/α-hetero) is 1. The molecular weight excluding hydrogens is 459 g/mol. The van der Waals surface area contributed by atoms with E-state index in [1.165, 1.54) is 29.5 Å². The smallest absolute Gasteiger partial charge is 0.274 e. The number of carbonyl (C=O) groups excluding carboxylic acids is 4. The summed E-state index contributed by atoms with van der Waals surface area (Å²) in [6.07, 6.45) is 2.72. The molecule has 2 bridgehead atoms. The van der Waals surface area contributed by atoms with Crippen molar-refractivity contribution >= 4 is 58.0 Å². The molecule has 0 radical (unpaired) electrons. The molecule has 1 aromatic heterocycles. The summed E-state index contributed by atoms with van der Waals surface area (Å²) in [6, 6.07) is 7.73. The van der Waals surface area contributed by atoms with Crippen molar-refractivity contribution in [2.75, 3.05) is 6.54 Å². The third-order valence-corrected chi connectivity index (χ3v) is 8.09. The number of hydrazine groups is 1. The molecule has 9 heteroatoms. The second kappa shape index (κ2) is 7.73. The maximum Gasteiger partial charge on any atom is 0.274 e. The summed E-state index contributed by atoms with van der Waals surface area (Å²) >= 11 is 13.4. The molecule has 1 aliphatic heterocycles. The molecule has 3 amide bonds. The van der Waals surface area contributed by atoms with E-state index in [1.54, 1.807) is 17.5 Å². The van der Waals surface area contributed by atoms with Crippen LogP contribution in [0, 0.1) is 23.7 Å². The number of fused-ring (bicyclic) bond motifs is 5. The molecule has 5 rings (SSSR count). The van der Waals surface area contributed by atoms with Crippen molar-refractivity contribution in [2.24, 2.45) is 23.7 Å². The van der Waals surface area contributed by atoms with Gasteiger partial charge in [0.25, 0.3) is 17.7 Å². The van der Waals surface area contributed by atoms with Crippen LogP contribution in [0.2, 0.25) is 10.0 Å². The van der Waals surface area contributed by atoms with E-state index in [4.69, 9.17) is 23.2 Å². The first-order valence-corrected chi connectivity index (χ1v) is 11.7. The Morgan fingerprint density at radius 3 is 2.32 bits per heavy atom. The van der Waals surface area contributed by atoms with E-state index in [-0.39, 0.29) is 40.0 Å². The highest BCUT2D eigenvalue weighted by molar-refractivity contribution is 7.12. The van der Waals surface area contributed by atoms with Crippen LogP contribution in [0.1, 0.15) is 39.3 Å². The average Bonchev–Trinajstić information content (AvgIpc) is 3.51. The van der Waals surface area contributed by atoms with Gasteiger partial charge in [0.1, 0.15) is 6.54 Å². The molecule has 2 aliphatic carbocycles. The molecule has 0 N–H and O–H groups in total. The molecule has 3 aliphatic rings. The number of thiophene rings is 1. The maximum atomic E-state index is 13.5. The Balaban J connectivity index is 1.52. The molecule has 1 aromatic carbocycles. The lowest BCUT2D eigenvalue weighted by atomic mass is 9.81. The lowest BCUT2D eigenvalue weighted by Crippen LogP contribution is -2.52. The Hall–Kier alpha value is -2.22. The van der Waals surface area contributed by atoms with E-state index < -0.39 is 24.3 Å². The monoisotopic (exact) mass is 476 g/mol. The van der Waals surface area contributed by atoms with Crippen LogP contribution in [-0.4, -0.2) is 40.1 Å². The first-order valence-electron chi connectivity index (χ1n) is 10.1. The molecule has 0 unspecified atom stereocenters. The highest BCUT2D eigenvalue weighted by Crippen LogP contribution is 2.56. The van der Waals surface area contributed by atoms with E-state index in [0.29, 0.717) is 9.90 Å². The largest absolute Gasteiger partial charge is 0.291 e. The molecule has 1 saturated heterocycles. The van der Waals surface area contributed by atoms with Crippen LogP contribution in [0.15, 0.2) is 35.7 Å². The van der Waals surface area contributed by atoms with Crippen molar-refractivity contribution in [1.82, 2.24) is 10.0 Å². The molecule has 0 spiro atoms. The predicted molar refractivity (Wildman–Crippen MR) is 116 cm³/mol. The number of halogens is 2. The minimum Gasteiger partial charge on any atom is -0.291 e. The molecule has 2 aromatic rings. The van der Waals surface area contributed by atoms with Crippen LogP contribution in [-0.2, 0) is 9.59 Å². The van der Waals surface area contributed by atoms with Crippen molar-refractivity contribution in [3.63, 3.8) is 0 Å². The summed E-state index contributed by atoms with van der Waals surface area (Å²) < 4.78 is 0. The topological polar surface area (TPSA) is 74.8 Å². The molecule has 160 valence electrons. The molecule has 6 nitrogen and oxygen atoms in total. The van der Waals surface area contributed by atoms with Gasteiger partial charge in [-0.3, -0.25) is 19.2 Å². The van der Waals surface area contributed by atoms with Crippen LogP contribution in [0.5, 0.6) is 0 Å². The fourth-order valence-electron chi connectivity index (χ4n) is 5.32. The quantitative estimate of drug-likeness (QED) is 0.475. The summed E-state index contributed by atoms with van der Waals surface area (Å²) in [5.74, 6) is -2.28. The number of ketones is 1. The number of imide groups is 1. The second-order valence-electron chi connectivity index (χ2n) is 8.26. The number of amides is 3. The SMILES string of the molecule is O=C(CN(C(=O)c1ccc(Cl)cc1Cl)N1C(=O)[C@@H]2[C@H]3CC[C@@H](C3)[C@@H]2C1=O)c1cccs1. The van der Waals surface area contributed by atoms with Crippen LogP contribution in [0.3, 0.4) is 0 Å². The van der Waals surface area contributed by atoms with Gasteiger partial charge < -0.3 is 0 Å². The Kier molecular flexibility index (Phi) is 5.15. The van der Waals surface area contributed by atoms with E-state index >= 15 is 0 Å². The van der Waals surface area contributed by atoms with Crippen molar-refractivity contribution < 1.29 is 19.2 Å². The van der Waals surface area contributed by atoms with E-state index in [9.17, 15) is 19.2 Å². The normalized spacial score (nSPS) is 26.5. The fraction of sp³-hybridized carbons (Fsp3) is 0.364. The number of hydrogen-bond acceptors (Lipinski definition) is 5. The standard InChI is InChI=1S/C22H18Cl2N2O4S/c23-13-5-6-14(15(24)9-13)20(28)25(10-16(27)17-2-1-7-31-17)26-21(29)18-11-3-4-12(8-11)19(18)22(26)30/h1-2,5-7,9,11-12,18-19H,3-4,8,10H2/t11-,12-,18-,19+/m0/s1. The minimum absolute atomic E-state index is 0.0747. The van der Waals surface area contributed by atoms with E-state index in [2.05, 4.69) is 0 Å². The number of benzene rings is 1. The molecule has 2 heterocycles. The van der Waals surface area contributed by atoms with Crippen LogP contribution < -0.4 is 0 Å². The van der Waals surface area contributed by atoms with Crippen LogP contribution in [0.4, 0.5) is 0 Å². The van der Waals surface area contributed by atoms with Crippen LogP contribution in [0.25, 0.3) is 0 Å². The molecule has 31 heavy (non-hydrogen) atoms. The van der Waals surface area contributed by atoms with Crippen molar-refractivity contribution in [3.8, 4) is 0 Å². The van der Waals surface area contributed by atoms with Crippen LogP contribution >= 0.6 is 34.5 Å². The predicted octanol–water partition coefficient (Wildman–Crippen LogP) is 4.33. The zero-order valence-electron chi connectivity index (χ0n) is 16.3. The summed E-state index contributed by atoms with van der Waals surface area (Å²) in [4.78, 5) is 53.4. The van der Waals surface area contributed by atoms with Gasteiger partial charge in [0, 0.05) is 5.02 Å². The lowest BCUT2D eigenvalue weighted by molar-refractivity contribution is -0.154. The highest BCUT2D eigenvalue weighted by Gasteiger charge is 2.62. The van der Waals surface area contributed by atoms with Gasteiger partial charge in [0.05, 0.1) is 27.3 Å². The summed E-state index contributed by atoms with van der Waals surface area (Å²) in [5.41, 5.74) is 0.0747. The van der Waals surface area contributed by atoms with Gasteiger partial charge in [-0.25, -0.2) is 5.01 Å². The highest BCUT2D eigenvalue weighted by atomic mass is 35.5. The molecule has 2 saturated carbocycles. The van der Waals surface area contributed by atoms with Gasteiger partial charge >= 0.3 is 0 Å². The summed E-state index contributed by atoms with van der Waals surface area (Å²) in [7, 11) is 0. The zero-order valence-corrected chi connectivity index (χ0v) is 18.6. The lowest BCUT2D eigenvalue weighted by Gasteiger charge is -2.31. The Morgan fingerprint density at radius 1 is 1.06 bits per heavy atom. The maximum absolute atomic E-state index is 13.5. The van der Waals surface area contributed by atoms with Gasteiger partial charge in [-0.1, -0.05) is 29.3 Å². The number of nitrogens with zero attached hydrogens (tertiary/aromatic N) is 2. The van der Waals surface area contributed by atoms with E-state index in [0.717, 1.165) is 29.3 Å². The third-order valence-electron chi connectivity index (χ3n) is 6.63. The molecule has 3 fully saturated rings. The zero-order chi connectivity index (χ0) is 21.9. The Morgan fingerprint density at radius 2 is 1.74 bits per heavy atom. The number of hydrogen-bond donors (Lipinski definition) is 0. The summed E-state index contributed by atoms with van der Waals surface area (Å²) in [5, 5.41) is 4.08. The van der Waals surface area contributed by atoms with E-state index in [1.807, 2.05) is 0 Å². The Bertz CT molecular complexity index is 1070. The first kappa shape index (κ1) is 20.7. The van der Waals surface area contributed by atoms with Gasteiger partial charge in [-0.05, 0) is 60.7 Å². The Labute approximate surface area is 192 Å². The van der Waals surface area contributed by atoms with Crippen molar-refractivity contribution in [2.45, 2.75) is 19.3 Å². The van der Waals surface area contributed by atoms with Gasteiger partial charge in [0.2, 0.25) is 0 Å². The first-order chi connectivity index (χ1) is 14.9. The summed E-state index contributed by atoms with van der Waals surface area (Å²) in [6.45, 7) is -0.426. The average molecular weight is 477 g/mol. The number of rotatable bonds is 5. The third kappa shape index (κ3) is 3.30. The number of carbonyl (C=O) groups is 4. The fourth-order valence-corrected chi connectivity index (χ4v) is 6.46. The van der Waals surface area contributed by atoms with Gasteiger partial charge in [-0.2, -0.15) is 5.01 Å². The van der Waals surface area contributed by atoms with Crippen molar-refractivity contribution in [3.05, 3.63) is 56.2 Å². The minimum atomic E-state index is -0.680. The van der Waals surface area contributed by atoms with Gasteiger partial charge in [-0.15, -0.1) is 11.3 Å². The molecule has 4 atom stereocenters.